The zero-order chi connectivity index (χ0) is 16.7. The largest absolute Gasteiger partial charge is 0.353 e. The topological polar surface area (TPSA) is 52.9 Å². The fraction of sp³-hybridized carbons (Fsp3) is 0.467. The van der Waals surface area contributed by atoms with E-state index in [9.17, 15) is 4.79 Å². The first-order valence-corrected chi connectivity index (χ1v) is 7.34. The maximum absolute atomic E-state index is 11.7. The molecule has 0 radical (unpaired) electrons. The average Bonchev–Trinajstić information content (AvgIpc) is 2.76. The highest BCUT2D eigenvalue weighted by atomic mass is 127. The van der Waals surface area contributed by atoms with Gasteiger partial charge < -0.3 is 19.7 Å². The number of amides is 1. The highest BCUT2D eigenvalue weighted by Gasteiger charge is 2.11. The van der Waals surface area contributed by atoms with E-state index in [1.165, 1.54) is 4.90 Å². The van der Waals surface area contributed by atoms with Gasteiger partial charge in [0.1, 0.15) is 6.54 Å². The van der Waals surface area contributed by atoms with Crippen molar-refractivity contribution in [1.82, 2.24) is 19.7 Å². The van der Waals surface area contributed by atoms with E-state index >= 15 is 0 Å². The number of halogens is 2. The molecule has 0 spiro atoms. The van der Waals surface area contributed by atoms with Crippen molar-refractivity contribution in [1.29, 1.82) is 0 Å². The summed E-state index contributed by atoms with van der Waals surface area (Å²) >= 11 is 6.00. The molecule has 0 saturated carbocycles. The van der Waals surface area contributed by atoms with Crippen molar-refractivity contribution < 1.29 is 4.79 Å². The monoisotopic (exact) mass is 453 g/mol. The number of aromatic nitrogens is 1. The number of hydrogen-bond donors (Lipinski definition) is 1. The number of nitrogens with zero attached hydrogens (tertiary/aromatic N) is 4. The number of carbonyl (C=O) groups is 1. The quantitative estimate of drug-likeness (QED) is 0.310. The summed E-state index contributed by atoms with van der Waals surface area (Å²) in [5, 5.41) is 3.86. The third kappa shape index (κ3) is 7.26. The van der Waals surface area contributed by atoms with E-state index in [0.29, 0.717) is 24.1 Å². The van der Waals surface area contributed by atoms with Crippen molar-refractivity contribution in [3.8, 4) is 0 Å². The third-order valence-electron chi connectivity index (χ3n) is 3.10. The molecule has 0 saturated heterocycles. The normalized spacial score (nSPS) is 10.7. The molecule has 1 aromatic rings. The summed E-state index contributed by atoms with van der Waals surface area (Å²) in [6.45, 7) is 4.99. The molecule has 1 N–H and O–H groups in total. The van der Waals surface area contributed by atoms with Gasteiger partial charge in [-0.3, -0.25) is 4.79 Å². The molecule has 0 bridgehead atoms. The molecule has 130 valence electrons. The second-order valence-electron chi connectivity index (χ2n) is 5.21. The van der Waals surface area contributed by atoms with Crippen molar-refractivity contribution in [2.45, 2.75) is 6.54 Å². The molecule has 0 fully saturated rings. The molecular formula is C15H25ClIN5O. The fourth-order valence-electron chi connectivity index (χ4n) is 1.80. The van der Waals surface area contributed by atoms with Crippen molar-refractivity contribution in [2.75, 3.05) is 34.2 Å². The molecule has 23 heavy (non-hydrogen) atoms. The minimum atomic E-state index is -0.0479. The SMILES string of the molecule is C=CCNC(=NCC(=O)N(C)C)N(C)Cc1cc(Cl)cn1C.I. The molecule has 1 heterocycles. The molecule has 0 aliphatic carbocycles. The molecule has 0 unspecified atom stereocenters. The third-order valence-corrected chi connectivity index (χ3v) is 3.31. The Balaban J connectivity index is 0.00000484. The Morgan fingerprint density at radius 2 is 2.13 bits per heavy atom. The second kappa shape index (κ2) is 10.5. The van der Waals surface area contributed by atoms with Gasteiger partial charge in [-0.1, -0.05) is 17.7 Å². The molecule has 1 aromatic heterocycles. The Morgan fingerprint density at radius 1 is 1.48 bits per heavy atom. The van der Waals surface area contributed by atoms with Gasteiger partial charge in [0, 0.05) is 46.6 Å². The van der Waals surface area contributed by atoms with E-state index in [1.54, 1.807) is 20.2 Å². The van der Waals surface area contributed by atoms with Gasteiger partial charge in [-0.25, -0.2) is 4.99 Å². The zero-order valence-electron chi connectivity index (χ0n) is 14.0. The number of guanidine groups is 1. The molecule has 8 heteroatoms. The Morgan fingerprint density at radius 3 is 2.61 bits per heavy atom. The Hall–Kier alpha value is -1.22. The molecule has 0 aliphatic heterocycles. The molecule has 0 aliphatic rings. The number of likely N-dealkylation sites (N-methyl/N-ethyl adjacent to an activating group) is 1. The summed E-state index contributed by atoms with van der Waals surface area (Å²) in [7, 11) is 7.28. The first-order chi connectivity index (χ1) is 10.3. The lowest BCUT2D eigenvalue weighted by molar-refractivity contribution is -0.127. The number of hydrogen-bond acceptors (Lipinski definition) is 2. The van der Waals surface area contributed by atoms with Gasteiger partial charge in [-0.05, 0) is 6.07 Å². The van der Waals surface area contributed by atoms with Gasteiger partial charge >= 0.3 is 0 Å². The minimum absolute atomic E-state index is 0. The van der Waals surface area contributed by atoms with Crippen molar-refractivity contribution >= 4 is 47.4 Å². The number of carbonyl (C=O) groups excluding carboxylic acids is 1. The van der Waals surface area contributed by atoms with E-state index in [-0.39, 0.29) is 36.4 Å². The lowest BCUT2D eigenvalue weighted by Gasteiger charge is -2.22. The standard InChI is InChI=1S/C15H24ClN5O.HI/c1-6-7-17-15(18-9-14(22)19(2)3)21(5)11-13-8-12(16)10-20(13)4;/h6,8,10H,1,7,9,11H2,2-5H3,(H,17,18);1H. The number of aryl methyl sites for hydroxylation is 1. The smallest absolute Gasteiger partial charge is 0.243 e. The van der Waals surface area contributed by atoms with Crippen LogP contribution in [0.3, 0.4) is 0 Å². The number of nitrogens with one attached hydrogen (secondary N) is 1. The molecular weight excluding hydrogens is 429 g/mol. The Bertz CT molecular complexity index is 556. The van der Waals surface area contributed by atoms with Crippen molar-refractivity contribution in [3.63, 3.8) is 0 Å². The summed E-state index contributed by atoms with van der Waals surface area (Å²) in [6.07, 6.45) is 3.60. The van der Waals surface area contributed by atoms with Crippen LogP contribution in [-0.2, 0) is 18.4 Å². The Labute approximate surface area is 160 Å². The van der Waals surface area contributed by atoms with E-state index < -0.39 is 0 Å². The average molecular weight is 454 g/mol. The van der Waals surface area contributed by atoms with E-state index in [4.69, 9.17) is 11.6 Å². The molecule has 0 aromatic carbocycles. The van der Waals surface area contributed by atoms with Gasteiger partial charge in [0.05, 0.1) is 11.6 Å². The highest BCUT2D eigenvalue weighted by Crippen LogP contribution is 2.14. The van der Waals surface area contributed by atoms with Crippen molar-refractivity contribution in [2.24, 2.45) is 12.0 Å². The van der Waals surface area contributed by atoms with Crippen LogP contribution in [0.15, 0.2) is 29.9 Å². The highest BCUT2D eigenvalue weighted by molar-refractivity contribution is 14.0. The van der Waals surface area contributed by atoms with Crippen LogP contribution in [0.25, 0.3) is 0 Å². The predicted octanol–water partition coefficient (Wildman–Crippen LogP) is 1.95. The van der Waals surface area contributed by atoms with Crippen LogP contribution in [-0.4, -0.2) is 60.5 Å². The zero-order valence-corrected chi connectivity index (χ0v) is 17.1. The first-order valence-electron chi connectivity index (χ1n) is 6.96. The number of aliphatic imine (C=N–C) groups is 1. The summed E-state index contributed by atoms with van der Waals surface area (Å²) in [6, 6.07) is 1.91. The van der Waals surface area contributed by atoms with Crippen LogP contribution in [0.1, 0.15) is 5.69 Å². The van der Waals surface area contributed by atoms with Gasteiger partial charge in [-0.15, -0.1) is 30.6 Å². The predicted molar refractivity (Wildman–Crippen MR) is 107 cm³/mol. The van der Waals surface area contributed by atoms with E-state index in [2.05, 4.69) is 16.9 Å². The van der Waals surface area contributed by atoms with E-state index in [0.717, 1.165) is 5.69 Å². The summed E-state index contributed by atoms with van der Waals surface area (Å²) in [5.74, 6) is 0.598. The van der Waals surface area contributed by atoms with Crippen LogP contribution < -0.4 is 5.32 Å². The minimum Gasteiger partial charge on any atom is -0.353 e. The fourth-order valence-corrected chi connectivity index (χ4v) is 2.07. The summed E-state index contributed by atoms with van der Waals surface area (Å²) < 4.78 is 1.97. The summed E-state index contributed by atoms with van der Waals surface area (Å²) in [4.78, 5) is 19.5. The van der Waals surface area contributed by atoms with Gasteiger partial charge in [-0.2, -0.15) is 0 Å². The lowest BCUT2D eigenvalue weighted by atomic mass is 10.4. The van der Waals surface area contributed by atoms with Gasteiger partial charge in [0.2, 0.25) is 5.91 Å². The maximum atomic E-state index is 11.7. The van der Waals surface area contributed by atoms with Crippen molar-refractivity contribution in [3.05, 3.63) is 35.6 Å². The number of rotatable bonds is 6. The lowest BCUT2D eigenvalue weighted by Crippen LogP contribution is -2.40. The van der Waals surface area contributed by atoms with Gasteiger partial charge in [0.25, 0.3) is 0 Å². The van der Waals surface area contributed by atoms with Crippen LogP contribution in [0.2, 0.25) is 5.02 Å². The molecule has 6 nitrogen and oxygen atoms in total. The maximum Gasteiger partial charge on any atom is 0.243 e. The molecule has 0 atom stereocenters. The Kier molecular flexibility index (Phi) is 9.98. The second-order valence-corrected chi connectivity index (χ2v) is 5.65. The molecule has 1 rings (SSSR count). The van der Waals surface area contributed by atoms with Crippen LogP contribution in [0, 0.1) is 0 Å². The van der Waals surface area contributed by atoms with Crippen LogP contribution >= 0.6 is 35.6 Å². The summed E-state index contributed by atoms with van der Waals surface area (Å²) in [5.41, 5.74) is 1.06. The van der Waals surface area contributed by atoms with E-state index in [1.807, 2.05) is 35.8 Å². The van der Waals surface area contributed by atoms with Gasteiger partial charge in [0.15, 0.2) is 5.96 Å². The van der Waals surface area contributed by atoms with Crippen LogP contribution in [0.5, 0.6) is 0 Å². The first kappa shape index (κ1) is 21.8. The molecule has 1 amide bonds. The van der Waals surface area contributed by atoms with Crippen LogP contribution in [0.4, 0.5) is 0 Å².